The average Bonchev–Trinajstić information content (AvgIpc) is 2.57. The molecule has 1 heterocycles. The smallest absolute Gasteiger partial charge is 0.258 e. The van der Waals surface area contributed by atoms with Crippen molar-refractivity contribution in [2.75, 3.05) is 30.5 Å². The number of amides is 2. The molecule has 5 nitrogen and oxygen atoms in total. The number of benzene rings is 2. The zero-order chi connectivity index (χ0) is 15.7. The van der Waals surface area contributed by atoms with Crippen LogP contribution < -0.4 is 14.5 Å². The predicted molar refractivity (Wildman–Crippen MR) is 84.5 cm³/mol. The molecule has 0 aromatic heterocycles. The third-order valence-corrected chi connectivity index (χ3v) is 3.78. The van der Waals surface area contributed by atoms with Crippen LogP contribution in [0.25, 0.3) is 0 Å². The van der Waals surface area contributed by atoms with Gasteiger partial charge in [0.25, 0.3) is 5.91 Å². The van der Waals surface area contributed by atoms with Gasteiger partial charge in [0.2, 0.25) is 5.91 Å². The highest BCUT2D eigenvalue weighted by Crippen LogP contribution is 2.33. The summed E-state index contributed by atoms with van der Waals surface area (Å²) < 4.78 is 5.10. The lowest BCUT2D eigenvalue weighted by Crippen LogP contribution is -2.46. The Kier molecular flexibility index (Phi) is 3.55. The highest BCUT2D eigenvalue weighted by Gasteiger charge is 2.30. The van der Waals surface area contributed by atoms with Crippen LogP contribution in [0.15, 0.2) is 48.5 Å². The summed E-state index contributed by atoms with van der Waals surface area (Å²) in [6.07, 6.45) is 0. The molecule has 0 saturated carbocycles. The number of hydrogen-bond acceptors (Lipinski definition) is 3. The van der Waals surface area contributed by atoms with Gasteiger partial charge in [0.05, 0.1) is 18.5 Å². The van der Waals surface area contributed by atoms with E-state index >= 15 is 0 Å². The van der Waals surface area contributed by atoms with Crippen molar-refractivity contribution in [1.82, 2.24) is 0 Å². The van der Waals surface area contributed by atoms with Gasteiger partial charge in [-0.15, -0.1) is 0 Å². The molecule has 0 unspecified atom stereocenters. The Morgan fingerprint density at radius 3 is 2.32 bits per heavy atom. The molecule has 0 fully saturated rings. The van der Waals surface area contributed by atoms with Gasteiger partial charge >= 0.3 is 0 Å². The number of rotatable bonds is 2. The van der Waals surface area contributed by atoms with Crippen LogP contribution in [-0.4, -0.2) is 32.5 Å². The lowest BCUT2D eigenvalue weighted by atomic mass is 10.1. The number of carbonyl (C=O) groups excluding carboxylic acids is 2. The Hall–Kier alpha value is -2.82. The first-order valence-electron chi connectivity index (χ1n) is 6.93. The Balaban J connectivity index is 1.98. The lowest BCUT2D eigenvalue weighted by molar-refractivity contribution is -0.117. The standard InChI is InChI=1S/C17H16N2O3/c1-18-14-5-3-4-6-15(14)19(11-16(18)20)17(21)12-7-9-13(22-2)10-8-12/h3-10H,11H2,1-2H3. The van der Waals surface area contributed by atoms with E-state index in [0.29, 0.717) is 11.3 Å². The van der Waals surface area contributed by atoms with Crippen LogP contribution in [0.2, 0.25) is 0 Å². The Labute approximate surface area is 128 Å². The molecule has 0 radical (unpaired) electrons. The van der Waals surface area contributed by atoms with Crippen molar-refractivity contribution in [3.05, 3.63) is 54.1 Å². The zero-order valence-electron chi connectivity index (χ0n) is 12.4. The molecule has 0 N–H and O–H groups in total. The number of nitrogens with zero attached hydrogens (tertiary/aromatic N) is 2. The number of ether oxygens (including phenoxy) is 1. The molecule has 2 amide bonds. The first kappa shape index (κ1) is 14.1. The van der Waals surface area contributed by atoms with Crippen LogP contribution in [0.5, 0.6) is 5.75 Å². The van der Waals surface area contributed by atoms with Crippen LogP contribution in [0, 0.1) is 0 Å². The fraction of sp³-hybridized carbons (Fsp3) is 0.176. The normalized spacial score (nSPS) is 13.8. The molecule has 0 aliphatic carbocycles. The number of fused-ring (bicyclic) bond motifs is 1. The predicted octanol–water partition coefficient (Wildman–Crippen LogP) is 2.32. The summed E-state index contributed by atoms with van der Waals surface area (Å²) in [4.78, 5) is 27.9. The van der Waals surface area contributed by atoms with Gasteiger partial charge in [-0.3, -0.25) is 14.5 Å². The van der Waals surface area contributed by atoms with Crippen LogP contribution >= 0.6 is 0 Å². The van der Waals surface area contributed by atoms with E-state index in [1.807, 2.05) is 24.3 Å². The van der Waals surface area contributed by atoms with E-state index in [4.69, 9.17) is 4.74 Å². The second-order valence-corrected chi connectivity index (χ2v) is 5.06. The van der Waals surface area contributed by atoms with E-state index in [1.54, 1.807) is 43.3 Å². The quantitative estimate of drug-likeness (QED) is 0.854. The largest absolute Gasteiger partial charge is 0.497 e. The summed E-state index contributed by atoms with van der Waals surface area (Å²) in [5.74, 6) is 0.378. The molecular formula is C17H16N2O3. The van der Waals surface area contributed by atoms with Crippen LogP contribution in [-0.2, 0) is 4.79 Å². The molecule has 0 bridgehead atoms. The molecule has 22 heavy (non-hydrogen) atoms. The molecule has 1 aliphatic heterocycles. The SMILES string of the molecule is COc1ccc(C(=O)N2CC(=O)N(C)c3ccccc32)cc1. The molecule has 1 aliphatic rings. The molecule has 5 heteroatoms. The fourth-order valence-corrected chi connectivity index (χ4v) is 2.51. The molecule has 3 rings (SSSR count). The molecule has 0 atom stereocenters. The summed E-state index contributed by atoms with van der Waals surface area (Å²) >= 11 is 0. The van der Waals surface area contributed by atoms with Crippen molar-refractivity contribution < 1.29 is 14.3 Å². The maximum atomic E-state index is 12.7. The van der Waals surface area contributed by atoms with Gasteiger partial charge < -0.3 is 9.64 Å². The first-order valence-corrected chi connectivity index (χ1v) is 6.93. The molecular weight excluding hydrogens is 280 g/mol. The fourth-order valence-electron chi connectivity index (χ4n) is 2.51. The van der Waals surface area contributed by atoms with E-state index in [2.05, 4.69) is 0 Å². The topological polar surface area (TPSA) is 49.9 Å². The second-order valence-electron chi connectivity index (χ2n) is 5.06. The number of carbonyl (C=O) groups is 2. The van der Waals surface area contributed by atoms with Gasteiger partial charge in [-0.2, -0.15) is 0 Å². The van der Waals surface area contributed by atoms with Crippen LogP contribution in [0.3, 0.4) is 0 Å². The van der Waals surface area contributed by atoms with Gasteiger partial charge in [-0.25, -0.2) is 0 Å². The average molecular weight is 296 g/mol. The lowest BCUT2D eigenvalue weighted by Gasteiger charge is -2.34. The maximum absolute atomic E-state index is 12.7. The minimum Gasteiger partial charge on any atom is -0.497 e. The summed E-state index contributed by atoms with van der Waals surface area (Å²) in [6.45, 7) is 0.0401. The molecule has 0 spiro atoms. The number of anilines is 2. The van der Waals surface area contributed by atoms with Gasteiger partial charge in [0.1, 0.15) is 12.3 Å². The van der Waals surface area contributed by atoms with Gasteiger partial charge in [-0.05, 0) is 36.4 Å². The Morgan fingerprint density at radius 2 is 1.68 bits per heavy atom. The number of likely N-dealkylation sites (N-methyl/N-ethyl adjacent to an activating group) is 1. The van der Waals surface area contributed by atoms with Crippen molar-refractivity contribution in [1.29, 1.82) is 0 Å². The summed E-state index contributed by atoms with van der Waals surface area (Å²) in [6, 6.07) is 14.3. The highest BCUT2D eigenvalue weighted by atomic mass is 16.5. The molecule has 112 valence electrons. The van der Waals surface area contributed by atoms with E-state index in [1.165, 1.54) is 4.90 Å². The first-order chi connectivity index (χ1) is 10.6. The van der Waals surface area contributed by atoms with Crippen molar-refractivity contribution in [3.8, 4) is 5.75 Å². The van der Waals surface area contributed by atoms with Gasteiger partial charge in [0, 0.05) is 12.6 Å². The molecule has 2 aromatic carbocycles. The zero-order valence-corrected chi connectivity index (χ0v) is 12.4. The monoisotopic (exact) mass is 296 g/mol. The van der Waals surface area contributed by atoms with E-state index in [0.717, 1.165) is 11.4 Å². The highest BCUT2D eigenvalue weighted by molar-refractivity contribution is 6.15. The number of methoxy groups -OCH3 is 1. The Morgan fingerprint density at radius 1 is 1.05 bits per heavy atom. The summed E-state index contributed by atoms with van der Waals surface area (Å²) in [5.41, 5.74) is 2.00. The van der Waals surface area contributed by atoms with E-state index < -0.39 is 0 Å². The van der Waals surface area contributed by atoms with Crippen molar-refractivity contribution in [3.63, 3.8) is 0 Å². The maximum Gasteiger partial charge on any atom is 0.258 e. The minimum atomic E-state index is -0.198. The van der Waals surface area contributed by atoms with Crippen molar-refractivity contribution in [2.45, 2.75) is 0 Å². The van der Waals surface area contributed by atoms with Crippen LogP contribution in [0.1, 0.15) is 10.4 Å². The van der Waals surface area contributed by atoms with Gasteiger partial charge in [0.15, 0.2) is 0 Å². The minimum absolute atomic E-state index is 0.0401. The Bertz CT molecular complexity index is 725. The summed E-state index contributed by atoms with van der Waals surface area (Å²) in [5, 5.41) is 0. The molecule has 2 aromatic rings. The third kappa shape index (κ3) is 2.30. The van der Waals surface area contributed by atoms with E-state index in [-0.39, 0.29) is 18.4 Å². The third-order valence-electron chi connectivity index (χ3n) is 3.78. The van der Waals surface area contributed by atoms with Crippen molar-refractivity contribution >= 4 is 23.2 Å². The summed E-state index contributed by atoms with van der Waals surface area (Å²) in [7, 11) is 3.29. The number of para-hydroxylation sites is 2. The number of hydrogen-bond donors (Lipinski definition) is 0. The van der Waals surface area contributed by atoms with Crippen LogP contribution in [0.4, 0.5) is 11.4 Å². The van der Waals surface area contributed by atoms with E-state index in [9.17, 15) is 9.59 Å². The van der Waals surface area contributed by atoms with Crippen molar-refractivity contribution in [2.24, 2.45) is 0 Å². The second kappa shape index (κ2) is 5.52. The van der Waals surface area contributed by atoms with Gasteiger partial charge in [-0.1, -0.05) is 12.1 Å². The molecule has 0 saturated heterocycles.